The van der Waals surface area contributed by atoms with Crippen molar-refractivity contribution in [3.63, 3.8) is 0 Å². The summed E-state index contributed by atoms with van der Waals surface area (Å²) >= 11 is 5.86. The molecule has 2 aromatic rings. The zero-order valence-corrected chi connectivity index (χ0v) is 18.0. The Morgan fingerprint density at radius 2 is 2.00 bits per heavy atom. The number of carbonyl (C=O) groups is 2. The number of carbonyl (C=O) groups excluding carboxylic acids is 2. The van der Waals surface area contributed by atoms with Gasteiger partial charge in [-0.1, -0.05) is 29.8 Å². The number of hydrogen-bond acceptors (Lipinski definition) is 5. The summed E-state index contributed by atoms with van der Waals surface area (Å²) in [4.78, 5) is 27.1. The molecular weight excluding hydrogens is 420 g/mol. The van der Waals surface area contributed by atoms with Crippen LogP contribution in [0.15, 0.2) is 42.5 Å². The summed E-state index contributed by atoms with van der Waals surface area (Å²) in [5.41, 5.74) is 1.63. The summed E-state index contributed by atoms with van der Waals surface area (Å²) in [5, 5.41) is 13.9. The van der Waals surface area contributed by atoms with Crippen LogP contribution in [-0.2, 0) is 28.1 Å². The van der Waals surface area contributed by atoms with Crippen LogP contribution >= 0.6 is 11.6 Å². The van der Waals surface area contributed by atoms with Crippen LogP contribution in [-0.4, -0.2) is 48.3 Å². The second-order valence-corrected chi connectivity index (χ2v) is 8.36. The van der Waals surface area contributed by atoms with Crippen LogP contribution in [0.5, 0.6) is 5.75 Å². The first-order chi connectivity index (χ1) is 14.9. The van der Waals surface area contributed by atoms with Gasteiger partial charge in [0.15, 0.2) is 0 Å². The molecule has 8 heteroatoms. The lowest BCUT2D eigenvalue weighted by Gasteiger charge is -2.33. The van der Waals surface area contributed by atoms with E-state index in [4.69, 9.17) is 21.1 Å². The van der Waals surface area contributed by atoms with E-state index in [2.05, 4.69) is 5.32 Å². The van der Waals surface area contributed by atoms with Gasteiger partial charge < -0.3 is 19.9 Å². The number of imide groups is 1. The van der Waals surface area contributed by atoms with Crippen molar-refractivity contribution in [3.8, 4) is 5.75 Å². The van der Waals surface area contributed by atoms with E-state index in [1.807, 2.05) is 24.3 Å². The molecule has 7 nitrogen and oxygen atoms in total. The van der Waals surface area contributed by atoms with Gasteiger partial charge in [-0.3, -0.25) is 9.69 Å². The minimum Gasteiger partial charge on any atom is -0.497 e. The number of halogens is 1. The highest BCUT2D eigenvalue weighted by molar-refractivity contribution is 6.30. The maximum Gasteiger partial charge on any atom is 0.325 e. The van der Waals surface area contributed by atoms with Gasteiger partial charge in [0.25, 0.3) is 5.91 Å². The number of ether oxygens (including phenoxy) is 2. The Morgan fingerprint density at radius 3 is 2.74 bits per heavy atom. The highest BCUT2D eigenvalue weighted by Crippen LogP contribution is 2.41. The second-order valence-electron chi connectivity index (χ2n) is 7.92. The molecule has 0 radical (unpaired) electrons. The molecule has 1 saturated heterocycles. The average molecular weight is 445 g/mol. The number of aryl methyl sites for hydroxylation is 1. The van der Waals surface area contributed by atoms with Crippen LogP contribution in [0, 0.1) is 0 Å². The van der Waals surface area contributed by atoms with Crippen molar-refractivity contribution in [2.45, 2.75) is 37.5 Å². The van der Waals surface area contributed by atoms with Gasteiger partial charge in [-0.2, -0.15) is 0 Å². The number of aliphatic hydroxyl groups excluding tert-OH is 1. The predicted octanol–water partition coefficient (Wildman–Crippen LogP) is 3.01. The summed E-state index contributed by atoms with van der Waals surface area (Å²) < 4.78 is 10.8. The molecule has 1 aliphatic carbocycles. The maximum atomic E-state index is 13.3. The van der Waals surface area contributed by atoms with Crippen molar-refractivity contribution in [2.75, 3.05) is 20.3 Å². The molecule has 1 heterocycles. The lowest BCUT2D eigenvalue weighted by Crippen LogP contribution is -2.47. The van der Waals surface area contributed by atoms with Crippen molar-refractivity contribution in [2.24, 2.45) is 0 Å². The number of β-amino-alcohol motifs (C(OH)–C–C–N with tert-alkyl or cyclic N) is 1. The molecule has 2 aliphatic rings. The molecule has 1 spiro atoms. The van der Waals surface area contributed by atoms with Crippen LogP contribution in [0.1, 0.15) is 29.5 Å². The van der Waals surface area contributed by atoms with Crippen LogP contribution in [0.25, 0.3) is 0 Å². The van der Waals surface area contributed by atoms with Crippen molar-refractivity contribution >= 4 is 23.5 Å². The SMILES string of the molecule is COc1ccc2c(c1)CCC[C@@]21NC(=O)N(C[C@H](O)COCc2ccc(Cl)cc2)C1=O. The fourth-order valence-corrected chi connectivity index (χ4v) is 4.43. The standard InChI is InChI=1S/C23H25ClN2O5/c1-30-19-8-9-20-16(11-19)3-2-10-23(20)21(28)26(22(29)25-23)12-18(27)14-31-13-15-4-6-17(24)7-5-15/h4-9,11,18,27H,2-3,10,12-14H2,1H3,(H,25,29)/t18-,23+/m0/s1. The van der Waals surface area contributed by atoms with E-state index in [1.54, 1.807) is 25.3 Å². The maximum absolute atomic E-state index is 13.3. The summed E-state index contributed by atoms with van der Waals surface area (Å²) in [6, 6.07) is 12.3. The Balaban J connectivity index is 1.41. The van der Waals surface area contributed by atoms with Gasteiger partial charge in [0, 0.05) is 5.02 Å². The molecule has 31 heavy (non-hydrogen) atoms. The fourth-order valence-electron chi connectivity index (χ4n) is 4.30. The molecule has 3 amide bonds. The third-order valence-corrected chi connectivity index (χ3v) is 6.08. The number of fused-ring (bicyclic) bond motifs is 2. The normalized spacial score (nSPS) is 21.2. The third-order valence-electron chi connectivity index (χ3n) is 5.83. The molecule has 0 saturated carbocycles. The zero-order chi connectivity index (χ0) is 22.0. The minimum atomic E-state index is -1.08. The number of amides is 3. The lowest BCUT2D eigenvalue weighted by molar-refractivity contribution is -0.133. The molecule has 0 aromatic heterocycles. The molecule has 2 atom stereocenters. The number of urea groups is 1. The van der Waals surface area contributed by atoms with Gasteiger partial charge in [0.2, 0.25) is 0 Å². The molecule has 1 fully saturated rings. The number of rotatable bonds is 7. The summed E-state index contributed by atoms with van der Waals surface area (Å²) in [5.74, 6) is 0.387. The first-order valence-corrected chi connectivity index (χ1v) is 10.6. The number of hydrogen-bond donors (Lipinski definition) is 2. The first-order valence-electron chi connectivity index (χ1n) is 10.2. The number of nitrogens with zero attached hydrogens (tertiary/aromatic N) is 1. The van der Waals surface area contributed by atoms with E-state index in [0.29, 0.717) is 18.1 Å². The summed E-state index contributed by atoms with van der Waals surface area (Å²) in [6.07, 6.45) is 1.12. The Labute approximate surface area is 185 Å². The summed E-state index contributed by atoms with van der Waals surface area (Å²) in [6.45, 7) is 0.173. The Morgan fingerprint density at radius 1 is 1.23 bits per heavy atom. The largest absolute Gasteiger partial charge is 0.497 e. The van der Waals surface area contributed by atoms with E-state index >= 15 is 0 Å². The highest BCUT2D eigenvalue weighted by atomic mass is 35.5. The smallest absolute Gasteiger partial charge is 0.325 e. The molecule has 2 aromatic carbocycles. The van der Waals surface area contributed by atoms with Crippen LogP contribution in [0.4, 0.5) is 4.79 Å². The van der Waals surface area contributed by atoms with Gasteiger partial charge in [0.1, 0.15) is 11.3 Å². The Hall–Kier alpha value is -2.61. The summed E-state index contributed by atoms with van der Waals surface area (Å²) in [7, 11) is 1.60. The Kier molecular flexibility index (Phi) is 6.18. The van der Waals surface area contributed by atoms with Crippen molar-refractivity contribution in [1.29, 1.82) is 0 Å². The predicted molar refractivity (Wildman–Crippen MR) is 115 cm³/mol. The molecule has 0 bridgehead atoms. The van der Waals surface area contributed by atoms with Gasteiger partial charge in [-0.25, -0.2) is 4.79 Å². The third kappa shape index (κ3) is 4.26. The minimum absolute atomic E-state index is 0.000469. The highest BCUT2D eigenvalue weighted by Gasteiger charge is 2.54. The van der Waals surface area contributed by atoms with Gasteiger partial charge >= 0.3 is 6.03 Å². The average Bonchev–Trinajstić information content (AvgIpc) is 2.99. The van der Waals surface area contributed by atoms with Crippen LogP contribution in [0.3, 0.4) is 0 Å². The van der Waals surface area contributed by atoms with Gasteiger partial charge in [0.05, 0.1) is 33.0 Å². The monoisotopic (exact) mass is 444 g/mol. The van der Waals surface area contributed by atoms with Crippen molar-refractivity contribution < 1.29 is 24.2 Å². The molecule has 0 unspecified atom stereocenters. The second kappa shape index (κ2) is 8.86. The fraction of sp³-hybridized carbons (Fsp3) is 0.391. The van der Waals surface area contributed by atoms with Crippen LogP contribution < -0.4 is 10.1 Å². The van der Waals surface area contributed by atoms with E-state index < -0.39 is 17.7 Å². The topological polar surface area (TPSA) is 88.1 Å². The zero-order valence-electron chi connectivity index (χ0n) is 17.3. The number of aliphatic hydroxyl groups is 1. The first kappa shape index (κ1) is 21.6. The molecule has 1 aliphatic heterocycles. The van der Waals surface area contributed by atoms with Gasteiger partial charge in [-0.15, -0.1) is 0 Å². The number of nitrogens with one attached hydrogen (secondary N) is 1. The van der Waals surface area contributed by atoms with Crippen LogP contribution in [0.2, 0.25) is 5.02 Å². The van der Waals surface area contributed by atoms with E-state index in [-0.39, 0.29) is 19.1 Å². The molecular formula is C23H25ClN2O5. The van der Waals surface area contributed by atoms with E-state index in [1.165, 1.54) is 0 Å². The molecule has 2 N–H and O–H groups in total. The van der Waals surface area contributed by atoms with Crippen molar-refractivity contribution in [1.82, 2.24) is 10.2 Å². The quantitative estimate of drug-likeness (QED) is 0.641. The lowest BCUT2D eigenvalue weighted by atomic mass is 9.76. The Bertz CT molecular complexity index is 980. The van der Waals surface area contributed by atoms with E-state index in [9.17, 15) is 14.7 Å². The van der Waals surface area contributed by atoms with E-state index in [0.717, 1.165) is 40.2 Å². The number of methoxy groups -OCH3 is 1. The molecule has 164 valence electrons. The van der Waals surface area contributed by atoms with Crippen molar-refractivity contribution in [3.05, 3.63) is 64.2 Å². The van der Waals surface area contributed by atoms with Gasteiger partial charge in [-0.05, 0) is 60.2 Å². The number of benzene rings is 2. The molecule has 4 rings (SSSR count).